The van der Waals surface area contributed by atoms with Crippen LogP contribution >= 0.6 is 34.2 Å². The number of fused-ring (bicyclic) bond motifs is 2. The molecule has 1 aliphatic heterocycles. The van der Waals surface area contributed by atoms with Gasteiger partial charge in [0, 0.05) is 16.1 Å². The number of pyridine rings is 1. The molecule has 0 atom stereocenters. The van der Waals surface area contributed by atoms with E-state index in [1.54, 1.807) is 11.0 Å². The number of anilines is 1. The summed E-state index contributed by atoms with van der Waals surface area (Å²) in [4.78, 5) is 17.7. The van der Waals surface area contributed by atoms with Crippen molar-refractivity contribution in [2.45, 2.75) is 13.5 Å². The van der Waals surface area contributed by atoms with Crippen LogP contribution in [-0.4, -0.2) is 10.9 Å². The highest BCUT2D eigenvalue weighted by Gasteiger charge is 2.20. The van der Waals surface area contributed by atoms with Gasteiger partial charge in [0.2, 0.25) is 5.91 Å². The lowest BCUT2D eigenvalue weighted by Gasteiger charge is -2.25. The van der Waals surface area contributed by atoms with Crippen molar-refractivity contribution in [1.29, 1.82) is 0 Å². The lowest BCUT2D eigenvalue weighted by atomic mass is 10.0. The Hall–Kier alpha value is -1.47. The molecule has 22 heavy (non-hydrogen) atoms. The zero-order valence-corrected chi connectivity index (χ0v) is 14.5. The topological polar surface area (TPSA) is 33.2 Å². The first-order valence-corrected chi connectivity index (χ1v) is 8.02. The van der Waals surface area contributed by atoms with Gasteiger partial charge >= 0.3 is 0 Å². The first-order valence-electron chi connectivity index (χ1n) is 6.56. The number of carbonyl (C=O) groups is 1. The van der Waals surface area contributed by atoms with Crippen molar-refractivity contribution < 1.29 is 9.18 Å². The standard InChI is InChI=1S/C16H11ClFIN2O/c1-9(22)21-8-11-7-13(18)16(17)20-14(11)4-2-10-6-12(19)3-5-15(10)21/h2-7H,8H2,1H3/b4-2-. The number of halogens is 3. The summed E-state index contributed by atoms with van der Waals surface area (Å²) >= 11 is 7.98. The van der Waals surface area contributed by atoms with Gasteiger partial charge in [0.25, 0.3) is 0 Å². The van der Waals surface area contributed by atoms with Gasteiger partial charge in [0.1, 0.15) is 0 Å². The summed E-state index contributed by atoms with van der Waals surface area (Å²) in [6.07, 6.45) is 3.67. The second-order valence-corrected chi connectivity index (χ2v) is 6.55. The molecule has 0 bridgehead atoms. The summed E-state index contributed by atoms with van der Waals surface area (Å²) in [5, 5.41) is -0.166. The van der Waals surface area contributed by atoms with E-state index in [9.17, 15) is 9.18 Å². The summed E-state index contributed by atoms with van der Waals surface area (Å²) in [6.45, 7) is 1.75. The number of aromatic nitrogens is 1. The van der Waals surface area contributed by atoms with Gasteiger partial charge in [-0.3, -0.25) is 4.79 Å². The third-order valence-corrected chi connectivity index (χ3v) is 4.39. The molecule has 0 saturated carbocycles. The summed E-state index contributed by atoms with van der Waals surface area (Å²) in [6, 6.07) is 7.15. The van der Waals surface area contributed by atoms with E-state index in [4.69, 9.17) is 11.6 Å². The minimum Gasteiger partial charge on any atom is -0.308 e. The van der Waals surface area contributed by atoms with E-state index >= 15 is 0 Å². The lowest BCUT2D eigenvalue weighted by Crippen LogP contribution is -2.29. The molecular weight excluding hydrogens is 418 g/mol. The average molecular weight is 429 g/mol. The molecule has 1 aromatic heterocycles. The van der Waals surface area contributed by atoms with E-state index in [-0.39, 0.29) is 17.6 Å². The quantitative estimate of drug-likeness (QED) is 0.457. The largest absolute Gasteiger partial charge is 0.308 e. The van der Waals surface area contributed by atoms with Crippen LogP contribution in [0.4, 0.5) is 10.1 Å². The molecule has 112 valence electrons. The summed E-state index contributed by atoms with van der Waals surface area (Å²) in [5.41, 5.74) is 2.90. The van der Waals surface area contributed by atoms with Gasteiger partial charge in [0.05, 0.1) is 17.9 Å². The normalized spacial score (nSPS) is 14.6. The Morgan fingerprint density at radius 1 is 1.36 bits per heavy atom. The van der Waals surface area contributed by atoms with Crippen molar-refractivity contribution in [3.63, 3.8) is 0 Å². The molecule has 6 heteroatoms. The molecule has 0 unspecified atom stereocenters. The van der Waals surface area contributed by atoms with E-state index in [2.05, 4.69) is 27.6 Å². The molecule has 0 N–H and O–H groups in total. The first-order chi connectivity index (χ1) is 10.5. The predicted molar refractivity (Wildman–Crippen MR) is 94.2 cm³/mol. The number of benzene rings is 1. The summed E-state index contributed by atoms with van der Waals surface area (Å²) in [7, 11) is 0. The number of hydrogen-bond acceptors (Lipinski definition) is 2. The molecule has 3 rings (SSSR count). The highest BCUT2D eigenvalue weighted by Crippen LogP contribution is 2.30. The van der Waals surface area contributed by atoms with Gasteiger partial charge in [-0.05, 0) is 58.5 Å². The van der Waals surface area contributed by atoms with Crippen molar-refractivity contribution in [2.24, 2.45) is 0 Å². The van der Waals surface area contributed by atoms with Gasteiger partial charge in [-0.15, -0.1) is 0 Å². The molecule has 3 nitrogen and oxygen atoms in total. The highest BCUT2D eigenvalue weighted by molar-refractivity contribution is 14.1. The molecule has 0 aliphatic carbocycles. The summed E-state index contributed by atoms with van der Waals surface area (Å²) < 4.78 is 14.8. The van der Waals surface area contributed by atoms with E-state index in [1.165, 1.54) is 13.0 Å². The Balaban J connectivity index is 2.22. The first kappa shape index (κ1) is 15.4. The fraction of sp³-hybridized carbons (Fsp3) is 0.125. The van der Waals surface area contributed by atoms with Gasteiger partial charge in [0.15, 0.2) is 11.0 Å². The van der Waals surface area contributed by atoms with Crippen LogP contribution in [0.1, 0.15) is 23.7 Å². The Kier molecular flexibility index (Phi) is 4.18. The monoisotopic (exact) mass is 428 g/mol. The Bertz CT molecular complexity index is 807. The van der Waals surface area contributed by atoms with Crippen LogP contribution in [-0.2, 0) is 11.3 Å². The zero-order chi connectivity index (χ0) is 15.9. The molecule has 0 spiro atoms. The number of hydrogen-bond donors (Lipinski definition) is 0. The van der Waals surface area contributed by atoms with Crippen LogP contribution in [0.2, 0.25) is 5.15 Å². The zero-order valence-electron chi connectivity index (χ0n) is 11.6. The summed E-state index contributed by atoms with van der Waals surface area (Å²) in [5.74, 6) is -0.695. The van der Waals surface area contributed by atoms with Crippen molar-refractivity contribution in [2.75, 3.05) is 4.90 Å². The van der Waals surface area contributed by atoms with E-state index < -0.39 is 5.82 Å². The number of rotatable bonds is 0. The fourth-order valence-electron chi connectivity index (χ4n) is 2.40. The predicted octanol–water partition coefficient (Wildman–Crippen LogP) is 4.52. The second kappa shape index (κ2) is 5.96. The number of carbonyl (C=O) groups excluding carboxylic acids is 1. The maximum absolute atomic E-state index is 13.7. The van der Waals surface area contributed by atoms with Crippen LogP contribution in [0.25, 0.3) is 12.2 Å². The highest BCUT2D eigenvalue weighted by atomic mass is 127. The second-order valence-electron chi connectivity index (χ2n) is 4.95. The van der Waals surface area contributed by atoms with E-state index in [0.717, 1.165) is 14.8 Å². The average Bonchev–Trinajstić information content (AvgIpc) is 2.45. The molecule has 0 saturated heterocycles. The van der Waals surface area contributed by atoms with Gasteiger partial charge in [-0.2, -0.15) is 0 Å². The van der Waals surface area contributed by atoms with E-state index in [0.29, 0.717) is 11.3 Å². The third kappa shape index (κ3) is 2.87. The molecular formula is C16H11ClFIN2O. The van der Waals surface area contributed by atoms with Crippen molar-refractivity contribution in [1.82, 2.24) is 4.98 Å². The molecule has 0 radical (unpaired) electrons. The smallest absolute Gasteiger partial charge is 0.224 e. The minimum absolute atomic E-state index is 0.112. The van der Waals surface area contributed by atoms with Crippen LogP contribution in [0, 0.1) is 9.39 Å². The van der Waals surface area contributed by atoms with Crippen LogP contribution in [0.3, 0.4) is 0 Å². The van der Waals surface area contributed by atoms with Gasteiger partial charge in [-0.1, -0.05) is 17.7 Å². The van der Waals surface area contributed by atoms with Crippen LogP contribution in [0.15, 0.2) is 24.3 Å². The fourth-order valence-corrected chi connectivity index (χ4v) is 3.06. The maximum Gasteiger partial charge on any atom is 0.224 e. The molecule has 2 aromatic rings. The van der Waals surface area contributed by atoms with E-state index in [1.807, 2.05) is 24.3 Å². The molecule has 1 aromatic carbocycles. The van der Waals surface area contributed by atoms with Gasteiger partial charge in [-0.25, -0.2) is 9.37 Å². The molecule has 2 heterocycles. The molecule has 1 aliphatic rings. The number of nitrogens with zero attached hydrogens (tertiary/aromatic N) is 2. The van der Waals surface area contributed by atoms with Gasteiger partial charge < -0.3 is 4.90 Å². The lowest BCUT2D eigenvalue weighted by molar-refractivity contribution is -0.116. The van der Waals surface area contributed by atoms with Crippen LogP contribution in [0.5, 0.6) is 0 Å². The maximum atomic E-state index is 13.7. The SMILES string of the molecule is CC(=O)N1Cc2cc(F)c(Cl)nc2/C=C\c2cc(I)ccc21. The van der Waals surface area contributed by atoms with Crippen LogP contribution < -0.4 is 4.90 Å². The number of amides is 1. The molecule has 0 fully saturated rings. The molecule has 1 amide bonds. The van der Waals surface area contributed by atoms with Crippen molar-refractivity contribution in [3.05, 3.63) is 55.6 Å². The Labute approximate surface area is 145 Å². The van der Waals surface area contributed by atoms with Crippen molar-refractivity contribution in [3.8, 4) is 0 Å². The minimum atomic E-state index is -0.583. The van der Waals surface area contributed by atoms with Crippen molar-refractivity contribution >= 4 is 57.9 Å². The Morgan fingerprint density at radius 2 is 2.14 bits per heavy atom. The third-order valence-electron chi connectivity index (χ3n) is 3.46. The Morgan fingerprint density at radius 3 is 2.86 bits per heavy atom.